The third-order valence-electron chi connectivity index (χ3n) is 4.23. The second-order valence-corrected chi connectivity index (χ2v) is 6.18. The minimum absolute atomic E-state index is 0.0983. The molecular weight excluding hydrogens is 373 g/mol. The van der Waals surface area contributed by atoms with Crippen LogP contribution in [0.3, 0.4) is 0 Å². The van der Waals surface area contributed by atoms with Crippen molar-refractivity contribution >= 4 is 23.6 Å². The number of nitrogens with one attached hydrogen (secondary N) is 1. The van der Waals surface area contributed by atoms with E-state index in [2.05, 4.69) is 10.1 Å². The van der Waals surface area contributed by atoms with Crippen LogP contribution in [-0.4, -0.2) is 23.1 Å². The summed E-state index contributed by atoms with van der Waals surface area (Å²) >= 11 is 0. The van der Waals surface area contributed by atoms with E-state index in [-0.39, 0.29) is 18.0 Å². The molecule has 2 aromatic rings. The molecule has 2 aromatic carbocycles. The lowest BCUT2D eigenvalue weighted by Crippen LogP contribution is -2.33. The fraction of sp³-hybridized carbons (Fsp3) is 0.200. The van der Waals surface area contributed by atoms with Gasteiger partial charge in [-0.25, -0.2) is 0 Å². The van der Waals surface area contributed by atoms with E-state index in [0.717, 1.165) is 17.2 Å². The molecule has 1 N–H and O–H groups in total. The molecule has 0 aliphatic carbocycles. The van der Waals surface area contributed by atoms with Crippen molar-refractivity contribution in [3.8, 4) is 5.75 Å². The number of para-hydroxylation sites is 2. The van der Waals surface area contributed by atoms with Gasteiger partial charge in [0, 0.05) is 13.1 Å². The largest absolute Gasteiger partial charge is 0.573 e. The molecule has 2 amide bonds. The van der Waals surface area contributed by atoms with E-state index >= 15 is 0 Å². The summed E-state index contributed by atoms with van der Waals surface area (Å²) in [4.78, 5) is 26.0. The first kappa shape index (κ1) is 19.5. The SMILES string of the molecule is CC(=O)N1C=Cc2ccccc2[C@@H]1CC(=O)Nc1ccccc1OC(F)(F)F. The Morgan fingerprint density at radius 3 is 2.50 bits per heavy atom. The minimum Gasteiger partial charge on any atom is -0.404 e. The molecule has 8 heteroatoms. The van der Waals surface area contributed by atoms with Crippen LogP contribution in [0.4, 0.5) is 18.9 Å². The average molecular weight is 390 g/mol. The number of rotatable bonds is 4. The molecule has 3 rings (SSSR count). The van der Waals surface area contributed by atoms with Gasteiger partial charge in [0.1, 0.15) is 0 Å². The van der Waals surface area contributed by atoms with Gasteiger partial charge in [-0.15, -0.1) is 13.2 Å². The van der Waals surface area contributed by atoms with Crippen molar-refractivity contribution in [2.75, 3.05) is 5.32 Å². The van der Waals surface area contributed by atoms with E-state index in [1.54, 1.807) is 18.3 Å². The molecule has 0 fully saturated rings. The summed E-state index contributed by atoms with van der Waals surface area (Å²) in [5, 5.41) is 2.44. The summed E-state index contributed by atoms with van der Waals surface area (Å²) in [5.74, 6) is -1.29. The van der Waals surface area contributed by atoms with Gasteiger partial charge >= 0.3 is 6.36 Å². The maximum atomic E-state index is 12.6. The van der Waals surface area contributed by atoms with E-state index in [0.29, 0.717) is 0 Å². The fourth-order valence-electron chi connectivity index (χ4n) is 3.07. The number of benzene rings is 2. The first-order valence-corrected chi connectivity index (χ1v) is 8.45. The Balaban J connectivity index is 1.81. The first-order valence-electron chi connectivity index (χ1n) is 8.45. The zero-order valence-electron chi connectivity index (χ0n) is 14.9. The highest BCUT2D eigenvalue weighted by molar-refractivity contribution is 5.93. The molecule has 1 aliphatic rings. The molecule has 0 aromatic heterocycles. The molecular formula is C20H17F3N2O3. The Morgan fingerprint density at radius 2 is 1.79 bits per heavy atom. The zero-order chi connectivity index (χ0) is 20.3. The molecule has 0 radical (unpaired) electrons. The molecule has 0 bridgehead atoms. The maximum absolute atomic E-state index is 12.6. The van der Waals surface area contributed by atoms with Crippen LogP contribution in [0.5, 0.6) is 5.75 Å². The summed E-state index contributed by atoms with van der Waals surface area (Å²) in [6, 6.07) is 12.0. The van der Waals surface area contributed by atoms with E-state index in [1.807, 2.05) is 18.2 Å². The summed E-state index contributed by atoms with van der Waals surface area (Å²) in [5.41, 5.74) is 1.56. The van der Waals surface area contributed by atoms with Gasteiger partial charge < -0.3 is 15.0 Å². The molecule has 1 heterocycles. The lowest BCUT2D eigenvalue weighted by atomic mass is 9.93. The Bertz CT molecular complexity index is 925. The number of carbonyl (C=O) groups is 2. The van der Waals surface area contributed by atoms with Crippen molar-refractivity contribution in [1.82, 2.24) is 4.90 Å². The molecule has 0 unspecified atom stereocenters. The van der Waals surface area contributed by atoms with Crippen LogP contribution in [0.25, 0.3) is 6.08 Å². The van der Waals surface area contributed by atoms with Crippen molar-refractivity contribution in [3.05, 3.63) is 65.9 Å². The van der Waals surface area contributed by atoms with Crippen molar-refractivity contribution < 1.29 is 27.5 Å². The van der Waals surface area contributed by atoms with E-state index in [1.165, 1.54) is 30.0 Å². The van der Waals surface area contributed by atoms with Gasteiger partial charge in [0.15, 0.2) is 5.75 Å². The molecule has 28 heavy (non-hydrogen) atoms. The minimum atomic E-state index is -4.88. The Kier molecular flexibility index (Phi) is 5.39. The summed E-state index contributed by atoms with van der Waals surface area (Å²) in [7, 11) is 0. The number of alkyl halides is 3. The summed E-state index contributed by atoms with van der Waals surface area (Å²) in [6.45, 7) is 1.38. The van der Waals surface area contributed by atoms with Crippen molar-refractivity contribution in [1.29, 1.82) is 0 Å². The Labute approximate surface area is 159 Å². The number of carbonyl (C=O) groups excluding carboxylic acids is 2. The topological polar surface area (TPSA) is 58.6 Å². The molecule has 0 saturated carbocycles. The van der Waals surface area contributed by atoms with Gasteiger partial charge in [0.25, 0.3) is 0 Å². The van der Waals surface area contributed by atoms with Crippen LogP contribution < -0.4 is 10.1 Å². The summed E-state index contributed by atoms with van der Waals surface area (Å²) in [6.07, 6.45) is -1.62. The highest BCUT2D eigenvalue weighted by Gasteiger charge is 2.33. The number of amides is 2. The van der Waals surface area contributed by atoms with Crippen LogP contribution in [0.15, 0.2) is 54.7 Å². The van der Waals surface area contributed by atoms with Gasteiger partial charge in [-0.05, 0) is 29.3 Å². The molecule has 1 aliphatic heterocycles. The van der Waals surface area contributed by atoms with Crippen molar-refractivity contribution in [2.45, 2.75) is 25.7 Å². The number of nitrogens with zero attached hydrogens (tertiary/aromatic N) is 1. The normalized spacial score (nSPS) is 15.7. The average Bonchev–Trinajstić information content (AvgIpc) is 2.62. The number of fused-ring (bicyclic) bond motifs is 1. The summed E-state index contributed by atoms with van der Waals surface area (Å²) < 4.78 is 41.6. The molecule has 146 valence electrons. The number of hydrogen-bond donors (Lipinski definition) is 1. The lowest BCUT2D eigenvalue weighted by molar-refractivity contribution is -0.274. The predicted molar refractivity (Wildman–Crippen MR) is 97.1 cm³/mol. The van der Waals surface area contributed by atoms with Crippen LogP contribution in [0, 0.1) is 0 Å². The monoisotopic (exact) mass is 390 g/mol. The predicted octanol–water partition coefficient (Wildman–Crippen LogP) is 4.49. The maximum Gasteiger partial charge on any atom is 0.573 e. The van der Waals surface area contributed by atoms with Gasteiger partial charge in [0.05, 0.1) is 18.2 Å². The third kappa shape index (κ3) is 4.51. The number of hydrogen-bond acceptors (Lipinski definition) is 3. The number of ether oxygens (including phenoxy) is 1. The standard InChI is InChI=1S/C20H17F3N2O3/c1-13(26)25-11-10-14-6-2-3-7-15(14)17(25)12-19(27)24-16-8-4-5-9-18(16)28-20(21,22)23/h2-11,17H,12H2,1H3,(H,24,27)/t17-/m0/s1. The van der Waals surface area contributed by atoms with Crippen molar-refractivity contribution in [2.24, 2.45) is 0 Å². The van der Waals surface area contributed by atoms with E-state index in [4.69, 9.17) is 0 Å². The molecule has 0 saturated heterocycles. The van der Waals surface area contributed by atoms with E-state index < -0.39 is 24.1 Å². The molecule has 1 atom stereocenters. The van der Waals surface area contributed by atoms with E-state index in [9.17, 15) is 22.8 Å². The van der Waals surface area contributed by atoms with Gasteiger partial charge in [-0.1, -0.05) is 36.4 Å². The highest BCUT2D eigenvalue weighted by Crippen LogP contribution is 2.34. The zero-order valence-corrected chi connectivity index (χ0v) is 14.9. The van der Waals surface area contributed by atoms with Crippen LogP contribution in [-0.2, 0) is 9.59 Å². The first-order chi connectivity index (χ1) is 13.2. The fourth-order valence-corrected chi connectivity index (χ4v) is 3.07. The second-order valence-electron chi connectivity index (χ2n) is 6.18. The van der Waals surface area contributed by atoms with Gasteiger partial charge in [0.2, 0.25) is 11.8 Å². The quantitative estimate of drug-likeness (QED) is 0.837. The van der Waals surface area contributed by atoms with Crippen LogP contribution in [0.2, 0.25) is 0 Å². The Morgan fingerprint density at radius 1 is 1.11 bits per heavy atom. The highest BCUT2D eigenvalue weighted by atomic mass is 19.4. The van der Waals surface area contributed by atoms with Gasteiger partial charge in [-0.3, -0.25) is 9.59 Å². The van der Waals surface area contributed by atoms with Crippen LogP contribution >= 0.6 is 0 Å². The number of anilines is 1. The van der Waals surface area contributed by atoms with Gasteiger partial charge in [-0.2, -0.15) is 0 Å². The smallest absolute Gasteiger partial charge is 0.404 e. The Hall–Kier alpha value is -3.29. The molecule has 0 spiro atoms. The van der Waals surface area contributed by atoms with Crippen molar-refractivity contribution in [3.63, 3.8) is 0 Å². The third-order valence-corrected chi connectivity index (χ3v) is 4.23. The van der Waals surface area contributed by atoms with Crippen LogP contribution in [0.1, 0.15) is 30.5 Å². The second kappa shape index (κ2) is 7.75. The number of halogens is 3. The lowest BCUT2D eigenvalue weighted by Gasteiger charge is -2.32. The molecule has 5 nitrogen and oxygen atoms in total.